The maximum absolute atomic E-state index is 11.9. The van der Waals surface area contributed by atoms with E-state index in [1.54, 1.807) is 0 Å². The summed E-state index contributed by atoms with van der Waals surface area (Å²) < 4.78 is 0. The molecule has 13 heavy (non-hydrogen) atoms. The van der Waals surface area contributed by atoms with Crippen molar-refractivity contribution < 1.29 is 9.90 Å². The third kappa shape index (κ3) is 1.01. The van der Waals surface area contributed by atoms with Gasteiger partial charge in [-0.15, -0.1) is 0 Å². The molecule has 2 nitrogen and oxygen atoms in total. The standard InChI is InChI=1S/C11H16O2/c1-7-8-3-4-9(5-8)11(2,6-12)10(7)13/h3-4,7-9,12H,5-6H2,1-2H3. The molecule has 0 amide bonds. The number of fused-ring (bicyclic) bond motifs is 2. The molecular weight excluding hydrogens is 164 g/mol. The lowest BCUT2D eigenvalue weighted by molar-refractivity contribution is -0.141. The largest absolute Gasteiger partial charge is 0.395 e. The zero-order chi connectivity index (χ0) is 9.64. The van der Waals surface area contributed by atoms with Gasteiger partial charge in [0.2, 0.25) is 0 Å². The first kappa shape index (κ1) is 8.95. The second kappa shape index (κ2) is 2.68. The van der Waals surface area contributed by atoms with E-state index in [1.165, 1.54) is 0 Å². The monoisotopic (exact) mass is 180 g/mol. The van der Waals surface area contributed by atoms with Crippen LogP contribution in [0, 0.1) is 23.2 Å². The fourth-order valence-electron chi connectivity index (χ4n) is 2.66. The van der Waals surface area contributed by atoms with Gasteiger partial charge in [0.05, 0.1) is 12.0 Å². The van der Waals surface area contributed by atoms with Gasteiger partial charge in [-0.25, -0.2) is 0 Å². The molecule has 0 aromatic heterocycles. The van der Waals surface area contributed by atoms with Gasteiger partial charge in [0.15, 0.2) is 0 Å². The van der Waals surface area contributed by atoms with Crippen molar-refractivity contribution in [2.24, 2.45) is 23.2 Å². The van der Waals surface area contributed by atoms with Crippen molar-refractivity contribution in [3.63, 3.8) is 0 Å². The molecule has 2 bridgehead atoms. The van der Waals surface area contributed by atoms with Gasteiger partial charge in [0.1, 0.15) is 5.78 Å². The topological polar surface area (TPSA) is 37.3 Å². The lowest BCUT2D eigenvalue weighted by atomic mass is 9.63. The molecule has 1 fully saturated rings. The van der Waals surface area contributed by atoms with E-state index in [1.807, 2.05) is 13.8 Å². The number of Topliss-reactive ketones (excluding diaryl/α,β-unsaturated/α-hetero) is 1. The number of ketones is 1. The van der Waals surface area contributed by atoms with E-state index in [0.717, 1.165) is 6.42 Å². The molecule has 2 rings (SSSR count). The Morgan fingerprint density at radius 2 is 2.31 bits per heavy atom. The molecule has 4 unspecified atom stereocenters. The lowest BCUT2D eigenvalue weighted by Crippen LogP contribution is -2.46. The van der Waals surface area contributed by atoms with Gasteiger partial charge in [-0.3, -0.25) is 4.79 Å². The van der Waals surface area contributed by atoms with Crippen molar-refractivity contribution in [1.82, 2.24) is 0 Å². The van der Waals surface area contributed by atoms with Crippen molar-refractivity contribution in [3.05, 3.63) is 12.2 Å². The van der Waals surface area contributed by atoms with Crippen LogP contribution in [0.4, 0.5) is 0 Å². The molecule has 2 aliphatic carbocycles. The molecule has 0 aromatic carbocycles. The maximum atomic E-state index is 11.9. The van der Waals surface area contributed by atoms with Gasteiger partial charge in [0, 0.05) is 5.92 Å². The van der Waals surface area contributed by atoms with Crippen LogP contribution in [0.1, 0.15) is 20.3 Å². The van der Waals surface area contributed by atoms with Crippen LogP contribution in [0.25, 0.3) is 0 Å². The molecular formula is C11H16O2. The van der Waals surface area contributed by atoms with E-state index < -0.39 is 5.41 Å². The number of carbonyl (C=O) groups excluding carboxylic acids is 1. The molecule has 0 saturated heterocycles. The Bertz CT molecular complexity index is 269. The number of hydrogen-bond acceptors (Lipinski definition) is 2. The van der Waals surface area contributed by atoms with Crippen LogP contribution in [0.15, 0.2) is 12.2 Å². The van der Waals surface area contributed by atoms with E-state index in [4.69, 9.17) is 0 Å². The number of allylic oxidation sites excluding steroid dienone is 2. The van der Waals surface area contributed by atoms with Crippen LogP contribution in [0.3, 0.4) is 0 Å². The minimum Gasteiger partial charge on any atom is -0.395 e. The van der Waals surface area contributed by atoms with Gasteiger partial charge in [-0.05, 0) is 25.2 Å². The molecule has 1 N–H and O–H groups in total. The van der Waals surface area contributed by atoms with Crippen LogP contribution in [-0.4, -0.2) is 17.5 Å². The highest BCUT2D eigenvalue weighted by Crippen LogP contribution is 2.48. The molecule has 4 atom stereocenters. The first-order chi connectivity index (χ1) is 6.09. The normalized spacial score (nSPS) is 48.5. The highest BCUT2D eigenvalue weighted by molar-refractivity contribution is 5.89. The Morgan fingerprint density at radius 1 is 1.62 bits per heavy atom. The molecule has 0 aliphatic heterocycles. The van der Waals surface area contributed by atoms with E-state index in [0.29, 0.717) is 5.92 Å². The van der Waals surface area contributed by atoms with Gasteiger partial charge in [0.25, 0.3) is 0 Å². The third-order valence-corrected chi connectivity index (χ3v) is 3.88. The molecule has 2 heteroatoms. The number of carbonyl (C=O) groups is 1. The van der Waals surface area contributed by atoms with Crippen LogP contribution >= 0.6 is 0 Å². The number of rotatable bonds is 1. The van der Waals surface area contributed by atoms with Crippen LogP contribution in [-0.2, 0) is 4.79 Å². The van der Waals surface area contributed by atoms with Crippen molar-refractivity contribution in [2.45, 2.75) is 20.3 Å². The van der Waals surface area contributed by atoms with E-state index >= 15 is 0 Å². The molecule has 0 aromatic rings. The van der Waals surface area contributed by atoms with E-state index in [9.17, 15) is 9.90 Å². The third-order valence-electron chi connectivity index (χ3n) is 3.88. The predicted octanol–water partition coefficient (Wildman–Crippen LogP) is 1.40. The molecule has 72 valence electrons. The second-order valence-electron chi connectivity index (χ2n) is 4.62. The fourth-order valence-corrected chi connectivity index (χ4v) is 2.66. The second-order valence-corrected chi connectivity index (χ2v) is 4.62. The Morgan fingerprint density at radius 3 is 2.92 bits per heavy atom. The highest BCUT2D eigenvalue weighted by atomic mass is 16.3. The Balaban J connectivity index is 2.37. The first-order valence-corrected chi connectivity index (χ1v) is 4.93. The summed E-state index contributed by atoms with van der Waals surface area (Å²) in [4.78, 5) is 11.9. The zero-order valence-electron chi connectivity index (χ0n) is 8.16. The SMILES string of the molecule is CC1C(=O)C(C)(CO)C2C=CC1C2. The summed E-state index contributed by atoms with van der Waals surface area (Å²) in [5.41, 5.74) is -0.511. The van der Waals surface area contributed by atoms with E-state index in [-0.39, 0.29) is 24.2 Å². The van der Waals surface area contributed by atoms with Crippen LogP contribution < -0.4 is 0 Å². The highest BCUT2D eigenvalue weighted by Gasteiger charge is 2.50. The predicted molar refractivity (Wildman–Crippen MR) is 50.1 cm³/mol. The summed E-state index contributed by atoms with van der Waals surface area (Å²) in [6.07, 6.45) is 5.31. The summed E-state index contributed by atoms with van der Waals surface area (Å²) in [7, 11) is 0. The number of hydrogen-bond donors (Lipinski definition) is 1. The average Bonchev–Trinajstić information content (AvgIpc) is 2.59. The molecule has 0 heterocycles. The molecule has 1 saturated carbocycles. The lowest BCUT2D eigenvalue weighted by Gasteiger charge is -2.39. The number of aliphatic hydroxyl groups excluding tert-OH is 1. The van der Waals surface area contributed by atoms with Gasteiger partial charge in [-0.1, -0.05) is 19.1 Å². The van der Waals surface area contributed by atoms with Crippen LogP contribution in [0.2, 0.25) is 0 Å². The Hall–Kier alpha value is -0.630. The van der Waals surface area contributed by atoms with Gasteiger partial charge >= 0.3 is 0 Å². The van der Waals surface area contributed by atoms with Crippen molar-refractivity contribution in [2.75, 3.05) is 6.61 Å². The van der Waals surface area contributed by atoms with Gasteiger partial charge in [-0.2, -0.15) is 0 Å². The molecule has 0 spiro atoms. The van der Waals surface area contributed by atoms with E-state index in [2.05, 4.69) is 12.2 Å². The van der Waals surface area contributed by atoms with Gasteiger partial charge < -0.3 is 5.11 Å². The summed E-state index contributed by atoms with van der Waals surface area (Å²) in [6, 6.07) is 0. The quantitative estimate of drug-likeness (QED) is 0.619. The van der Waals surface area contributed by atoms with Crippen molar-refractivity contribution in [1.29, 1.82) is 0 Å². The van der Waals surface area contributed by atoms with Crippen LogP contribution in [0.5, 0.6) is 0 Å². The summed E-state index contributed by atoms with van der Waals surface area (Å²) in [5, 5.41) is 9.30. The zero-order valence-corrected chi connectivity index (χ0v) is 8.16. The molecule has 0 radical (unpaired) electrons. The summed E-state index contributed by atoms with van der Waals surface area (Å²) in [5.74, 6) is 1.02. The Labute approximate surface area is 78.6 Å². The Kier molecular flexibility index (Phi) is 1.84. The van der Waals surface area contributed by atoms with Crippen molar-refractivity contribution >= 4 is 5.78 Å². The van der Waals surface area contributed by atoms with Crippen molar-refractivity contribution in [3.8, 4) is 0 Å². The molecule has 2 aliphatic rings. The first-order valence-electron chi connectivity index (χ1n) is 4.93. The maximum Gasteiger partial charge on any atom is 0.145 e. The fraction of sp³-hybridized carbons (Fsp3) is 0.727. The minimum atomic E-state index is -0.511. The minimum absolute atomic E-state index is 0.0160. The summed E-state index contributed by atoms with van der Waals surface area (Å²) in [6.45, 7) is 3.85. The smallest absolute Gasteiger partial charge is 0.145 e. The summed E-state index contributed by atoms with van der Waals surface area (Å²) >= 11 is 0. The number of aliphatic hydroxyl groups is 1. The average molecular weight is 180 g/mol.